The lowest BCUT2D eigenvalue weighted by molar-refractivity contribution is 0.281. The summed E-state index contributed by atoms with van der Waals surface area (Å²) in [5.74, 6) is 0. The first kappa shape index (κ1) is 11.9. The molecule has 2 aromatic carbocycles. The van der Waals surface area contributed by atoms with E-state index in [0.717, 1.165) is 0 Å². The molecule has 1 heteroatoms. The zero-order valence-corrected chi connectivity index (χ0v) is 11.6. The molecule has 1 nitrogen and oxygen atoms in total. The molecule has 0 aromatic heterocycles. The Balaban J connectivity index is 1.92. The number of rotatable bonds is 1. The average molecular weight is 261 g/mol. The molecule has 0 amide bonds. The smallest absolute Gasteiger partial charge is 0.0613 e. The molecule has 1 fully saturated rings. The van der Waals surface area contributed by atoms with Gasteiger partial charge in [-0.05, 0) is 48.2 Å². The second-order valence-corrected chi connectivity index (χ2v) is 5.74. The first-order chi connectivity index (χ1) is 9.93. The minimum absolute atomic E-state index is 0.417. The molecule has 1 aliphatic heterocycles. The van der Waals surface area contributed by atoms with Gasteiger partial charge in [-0.15, -0.1) is 0 Å². The summed E-state index contributed by atoms with van der Waals surface area (Å²) in [7, 11) is 0. The predicted octanol–water partition coefficient (Wildman–Crippen LogP) is 4.36. The molecule has 100 valence electrons. The minimum atomic E-state index is 0.417. The predicted molar refractivity (Wildman–Crippen MR) is 84.5 cm³/mol. The van der Waals surface area contributed by atoms with Crippen molar-refractivity contribution in [3.05, 3.63) is 70.8 Å². The van der Waals surface area contributed by atoms with E-state index in [4.69, 9.17) is 0 Å². The fourth-order valence-corrected chi connectivity index (χ4v) is 3.56. The van der Waals surface area contributed by atoms with Gasteiger partial charge in [-0.2, -0.15) is 0 Å². The molecule has 0 atom stereocenters. The summed E-state index contributed by atoms with van der Waals surface area (Å²) in [6.45, 7) is 2.43. The van der Waals surface area contributed by atoms with Gasteiger partial charge in [0.1, 0.15) is 0 Å². The lowest BCUT2D eigenvalue weighted by Gasteiger charge is -2.29. The van der Waals surface area contributed by atoms with Crippen LogP contribution in [0.5, 0.6) is 0 Å². The van der Waals surface area contributed by atoms with E-state index in [1.165, 1.54) is 48.2 Å². The maximum Gasteiger partial charge on any atom is 0.0613 e. The molecule has 0 saturated carbocycles. The van der Waals surface area contributed by atoms with E-state index >= 15 is 0 Å². The Morgan fingerprint density at radius 2 is 1.20 bits per heavy atom. The van der Waals surface area contributed by atoms with Crippen LogP contribution in [0.3, 0.4) is 0 Å². The number of benzene rings is 2. The summed E-state index contributed by atoms with van der Waals surface area (Å²) in [5.41, 5.74) is 5.63. The van der Waals surface area contributed by atoms with Crippen LogP contribution in [0, 0.1) is 0 Å². The van der Waals surface area contributed by atoms with Gasteiger partial charge in [0.15, 0.2) is 0 Å². The number of likely N-dealkylation sites (tertiary alicyclic amines) is 1. The third-order valence-corrected chi connectivity index (χ3v) is 4.53. The number of fused-ring (bicyclic) bond motifs is 2. The molecule has 20 heavy (non-hydrogen) atoms. The van der Waals surface area contributed by atoms with Crippen molar-refractivity contribution in [1.82, 2.24) is 4.90 Å². The van der Waals surface area contributed by atoms with E-state index in [0.29, 0.717) is 6.04 Å². The lowest BCUT2D eigenvalue weighted by atomic mass is 9.93. The summed E-state index contributed by atoms with van der Waals surface area (Å²) in [4.78, 5) is 2.64. The van der Waals surface area contributed by atoms with Gasteiger partial charge >= 0.3 is 0 Å². The molecule has 1 saturated heterocycles. The molecule has 0 unspecified atom stereocenters. The molecule has 1 heterocycles. The third kappa shape index (κ3) is 1.90. The summed E-state index contributed by atoms with van der Waals surface area (Å²) < 4.78 is 0. The van der Waals surface area contributed by atoms with Crippen molar-refractivity contribution in [3.63, 3.8) is 0 Å². The highest BCUT2D eigenvalue weighted by Crippen LogP contribution is 2.38. The Kier molecular flexibility index (Phi) is 2.93. The van der Waals surface area contributed by atoms with Crippen LogP contribution >= 0.6 is 0 Å². The van der Waals surface area contributed by atoms with Crippen LogP contribution < -0.4 is 0 Å². The van der Waals surface area contributed by atoms with Crippen molar-refractivity contribution in [3.8, 4) is 0 Å². The van der Waals surface area contributed by atoms with Gasteiger partial charge in [0.05, 0.1) is 6.04 Å². The number of hydrogen-bond donors (Lipinski definition) is 0. The van der Waals surface area contributed by atoms with Crippen molar-refractivity contribution < 1.29 is 0 Å². The van der Waals surface area contributed by atoms with Gasteiger partial charge in [-0.3, -0.25) is 4.90 Å². The summed E-state index contributed by atoms with van der Waals surface area (Å²) in [5, 5.41) is 0. The summed E-state index contributed by atoms with van der Waals surface area (Å²) in [6.07, 6.45) is 7.19. The Hall–Kier alpha value is -1.86. The molecule has 2 aromatic rings. The van der Waals surface area contributed by atoms with Crippen LogP contribution in [0.4, 0.5) is 0 Å². The van der Waals surface area contributed by atoms with Crippen LogP contribution in [-0.2, 0) is 0 Å². The van der Waals surface area contributed by atoms with Gasteiger partial charge in [-0.1, -0.05) is 60.7 Å². The second kappa shape index (κ2) is 4.92. The standard InChI is InChI=1S/C19H19N/c1-3-9-17-15(7-1)11-12-16-8-2-4-10-18(16)19(17)20-13-5-6-14-20/h1-4,7-12,19H,5-6,13-14H2. The normalized spacial score (nSPS) is 18.6. The maximum absolute atomic E-state index is 2.64. The quantitative estimate of drug-likeness (QED) is 0.737. The molecule has 4 rings (SSSR count). The minimum Gasteiger partial charge on any atom is -0.292 e. The first-order valence-electron chi connectivity index (χ1n) is 7.53. The Bertz CT molecular complexity index is 601. The zero-order chi connectivity index (χ0) is 13.4. The fraction of sp³-hybridized carbons (Fsp3) is 0.263. The van der Waals surface area contributed by atoms with E-state index in [2.05, 4.69) is 65.6 Å². The van der Waals surface area contributed by atoms with Crippen LogP contribution in [0.25, 0.3) is 12.2 Å². The van der Waals surface area contributed by atoms with Crippen LogP contribution in [-0.4, -0.2) is 18.0 Å². The monoisotopic (exact) mass is 261 g/mol. The third-order valence-electron chi connectivity index (χ3n) is 4.53. The zero-order valence-electron chi connectivity index (χ0n) is 11.6. The van der Waals surface area contributed by atoms with E-state index < -0.39 is 0 Å². The highest BCUT2D eigenvalue weighted by Gasteiger charge is 2.28. The molecular formula is C19H19N. The Labute approximate surface area is 120 Å². The number of hydrogen-bond acceptors (Lipinski definition) is 1. The molecule has 0 bridgehead atoms. The van der Waals surface area contributed by atoms with Gasteiger partial charge in [-0.25, -0.2) is 0 Å². The maximum atomic E-state index is 2.64. The van der Waals surface area contributed by atoms with Gasteiger partial charge in [0, 0.05) is 0 Å². The summed E-state index contributed by atoms with van der Waals surface area (Å²) in [6, 6.07) is 18.1. The molecular weight excluding hydrogens is 242 g/mol. The van der Waals surface area contributed by atoms with E-state index in [-0.39, 0.29) is 0 Å². The SMILES string of the molecule is C1=Cc2ccccc2C(N2CCCC2)c2ccccc21. The van der Waals surface area contributed by atoms with E-state index in [1.807, 2.05) is 0 Å². The van der Waals surface area contributed by atoms with E-state index in [1.54, 1.807) is 0 Å². The van der Waals surface area contributed by atoms with Crippen molar-refractivity contribution in [1.29, 1.82) is 0 Å². The Morgan fingerprint density at radius 1 is 0.700 bits per heavy atom. The average Bonchev–Trinajstić information content (AvgIpc) is 2.96. The molecule has 0 spiro atoms. The molecule has 0 N–H and O–H groups in total. The van der Waals surface area contributed by atoms with Gasteiger partial charge < -0.3 is 0 Å². The van der Waals surface area contributed by atoms with Crippen LogP contribution in [0.1, 0.15) is 41.1 Å². The van der Waals surface area contributed by atoms with Gasteiger partial charge in [0.2, 0.25) is 0 Å². The molecule has 2 aliphatic rings. The molecule has 1 aliphatic carbocycles. The fourth-order valence-electron chi connectivity index (χ4n) is 3.56. The van der Waals surface area contributed by atoms with Crippen LogP contribution in [0.15, 0.2) is 48.5 Å². The largest absolute Gasteiger partial charge is 0.292 e. The van der Waals surface area contributed by atoms with Crippen molar-refractivity contribution >= 4 is 12.2 Å². The van der Waals surface area contributed by atoms with Gasteiger partial charge in [0.25, 0.3) is 0 Å². The highest BCUT2D eigenvalue weighted by atomic mass is 15.2. The van der Waals surface area contributed by atoms with E-state index in [9.17, 15) is 0 Å². The number of nitrogens with zero attached hydrogens (tertiary/aromatic N) is 1. The topological polar surface area (TPSA) is 3.24 Å². The molecule has 0 radical (unpaired) electrons. The van der Waals surface area contributed by atoms with Crippen molar-refractivity contribution in [2.45, 2.75) is 18.9 Å². The van der Waals surface area contributed by atoms with Crippen molar-refractivity contribution in [2.75, 3.05) is 13.1 Å². The highest BCUT2D eigenvalue weighted by molar-refractivity contribution is 5.76. The second-order valence-electron chi connectivity index (χ2n) is 5.74. The first-order valence-corrected chi connectivity index (χ1v) is 7.53. The summed E-state index contributed by atoms with van der Waals surface area (Å²) >= 11 is 0. The van der Waals surface area contributed by atoms with Crippen LogP contribution in [0.2, 0.25) is 0 Å². The van der Waals surface area contributed by atoms with Crippen molar-refractivity contribution in [2.24, 2.45) is 0 Å². The lowest BCUT2D eigenvalue weighted by Crippen LogP contribution is -2.27. The Morgan fingerprint density at radius 3 is 1.75 bits per heavy atom.